The smallest absolute Gasteiger partial charge is 0.296 e. The number of carbonyl (C=O) groups is 1. The Kier molecular flexibility index (Phi) is 4.69. The van der Waals surface area contributed by atoms with Crippen LogP contribution in [0.2, 0.25) is 0 Å². The largest absolute Gasteiger partial charge is 0.501 e. The molecule has 1 aliphatic carbocycles. The fourth-order valence-electron chi connectivity index (χ4n) is 4.14. The third kappa shape index (κ3) is 3.36. The highest BCUT2D eigenvalue weighted by Crippen LogP contribution is 2.38. The molecule has 5 aromatic rings. The third-order valence-corrected chi connectivity index (χ3v) is 6.17. The molecule has 176 valence electrons. The SMILES string of the molecule is Cn1c(-c2nc3ccc(-n4cncn4)cc3n2C2CCC2)nc(C(=O)Nc2cnoc2)c(O)c1=O. The van der Waals surface area contributed by atoms with Gasteiger partial charge in [-0.2, -0.15) is 5.10 Å². The van der Waals surface area contributed by atoms with Crippen LogP contribution in [-0.4, -0.2) is 50.0 Å². The topological polar surface area (TPSA) is 159 Å². The molecule has 0 spiro atoms. The Morgan fingerprint density at radius 1 is 1.23 bits per heavy atom. The molecule has 1 saturated carbocycles. The van der Waals surface area contributed by atoms with Gasteiger partial charge in [0.05, 0.1) is 22.9 Å². The van der Waals surface area contributed by atoms with Crippen LogP contribution in [0.25, 0.3) is 28.4 Å². The molecule has 13 heteroatoms. The van der Waals surface area contributed by atoms with Crippen molar-refractivity contribution in [2.45, 2.75) is 25.3 Å². The summed E-state index contributed by atoms with van der Waals surface area (Å²) in [5.74, 6) is -0.942. The molecule has 1 aromatic carbocycles. The van der Waals surface area contributed by atoms with Crippen LogP contribution in [0.5, 0.6) is 5.75 Å². The van der Waals surface area contributed by atoms with E-state index in [0.717, 1.165) is 30.5 Å². The number of aromatic nitrogens is 8. The van der Waals surface area contributed by atoms with Gasteiger partial charge in [0.1, 0.15) is 24.6 Å². The summed E-state index contributed by atoms with van der Waals surface area (Å²) in [7, 11) is 1.48. The lowest BCUT2D eigenvalue weighted by molar-refractivity contribution is 0.101. The molecule has 0 saturated heterocycles. The zero-order valence-corrected chi connectivity index (χ0v) is 18.5. The molecule has 1 aliphatic rings. The lowest BCUT2D eigenvalue weighted by Crippen LogP contribution is -2.27. The van der Waals surface area contributed by atoms with Crippen LogP contribution in [0, 0.1) is 0 Å². The van der Waals surface area contributed by atoms with Crippen molar-refractivity contribution >= 4 is 22.6 Å². The minimum atomic E-state index is -0.774. The van der Waals surface area contributed by atoms with E-state index in [1.54, 1.807) is 11.0 Å². The van der Waals surface area contributed by atoms with Gasteiger partial charge in [0.2, 0.25) is 5.75 Å². The number of hydrogen-bond donors (Lipinski definition) is 2. The maximum absolute atomic E-state index is 12.9. The molecule has 6 rings (SSSR count). The monoisotopic (exact) mass is 473 g/mol. The second-order valence-corrected chi connectivity index (χ2v) is 8.27. The number of anilines is 1. The van der Waals surface area contributed by atoms with E-state index in [2.05, 4.69) is 25.5 Å². The summed E-state index contributed by atoms with van der Waals surface area (Å²) in [6, 6.07) is 5.85. The molecule has 4 heterocycles. The second kappa shape index (κ2) is 7.90. The maximum atomic E-state index is 12.9. The van der Waals surface area contributed by atoms with Gasteiger partial charge in [0, 0.05) is 13.1 Å². The predicted octanol–water partition coefficient (Wildman–Crippen LogP) is 2.05. The molecule has 2 N–H and O–H groups in total. The highest BCUT2D eigenvalue weighted by molar-refractivity contribution is 6.04. The molecule has 0 atom stereocenters. The van der Waals surface area contributed by atoms with Crippen molar-refractivity contribution < 1.29 is 14.4 Å². The number of fused-ring (bicyclic) bond motifs is 1. The van der Waals surface area contributed by atoms with Gasteiger partial charge >= 0.3 is 0 Å². The average molecular weight is 473 g/mol. The number of benzene rings is 1. The molecule has 1 fully saturated rings. The van der Waals surface area contributed by atoms with Gasteiger partial charge in [0.15, 0.2) is 17.3 Å². The third-order valence-electron chi connectivity index (χ3n) is 6.17. The van der Waals surface area contributed by atoms with E-state index in [0.29, 0.717) is 11.3 Å². The minimum absolute atomic E-state index is 0.154. The number of imidazole rings is 1. The van der Waals surface area contributed by atoms with Crippen molar-refractivity contribution in [1.82, 2.24) is 39.0 Å². The molecule has 0 radical (unpaired) electrons. The Morgan fingerprint density at radius 2 is 2.09 bits per heavy atom. The van der Waals surface area contributed by atoms with Gasteiger partial charge in [-0.3, -0.25) is 14.2 Å². The quantitative estimate of drug-likeness (QED) is 0.389. The van der Waals surface area contributed by atoms with Gasteiger partial charge in [-0.1, -0.05) is 5.16 Å². The molecule has 4 aromatic heterocycles. The number of nitrogens with one attached hydrogen (secondary N) is 1. The fourth-order valence-corrected chi connectivity index (χ4v) is 4.14. The van der Waals surface area contributed by atoms with Crippen LogP contribution in [0.1, 0.15) is 35.8 Å². The molecular formula is C22H19N9O4. The molecular weight excluding hydrogens is 454 g/mol. The van der Waals surface area contributed by atoms with Gasteiger partial charge in [0.25, 0.3) is 11.5 Å². The van der Waals surface area contributed by atoms with Crippen LogP contribution in [0.3, 0.4) is 0 Å². The van der Waals surface area contributed by atoms with Crippen LogP contribution in [0.15, 0.2) is 52.6 Å². The van der Waals surface area contributed by atoms with E-state index in [1.165, 1.54) is 30.4 Å². The van der Waals surface area contributed by atoms with E-state index >= 15 is 0 Å². The highest BCUT2D eigenvalue weighted by Gasteiger charge is 2.29. The molecule has 0 bridgehead atoms. The zero-order valence-electron chi connectivity index (χ0n) is 18.5. The van der Waals surface area contributed by atoms with Gasteiger partial charge in [-0.15, -0.1) is 0 Å². The summed E-state index contributed by atoms with van der Waals surface area (Å²) >= 11 is 0. The Balaban J connectivity index is 1.53. The summed E-state index contributed by atoms with van der Waals surface area (Å²) < 4.78 is 9.60. The van der Waals surface area contributed by atoms with Crippen molar-refractivity contribution in [2.75, 3.05) is 5.32 Å². The summed E-state index contributed by atoms with van der Waals surface area (Å²) in [6.45, 7) is 0. The number of aromatic hydroxyl groups is 1. The van der Waals surface area contributed by atoms with E-state index in [-0.39, 0.29) is 17.6 Å². The van der Waals surface area contributed by atoms with Crippen LogP contribution in [-0.2, 0) is 7.05 Å². The number of carbonyl (C=O) groups excluding carboxylic acids is 1. The summed E-state index contributed by atoms with van der Waals surface area (Å²) in [5, 5.41) is 20.7. The zero-order chi connectivity index (χ0) is 24.1. The number of rotatable bonds is 5. The second-order valence-electron chi connectivity index (χ2n) is 8.27. The first kappa shape index (κ1) is 20.8. The average Bonchev–Trinajstić information content (AvgIpc) is 3.58. The Morgan fingerprint density at radius 3 is 2.77 bits per heavy atom. The van der Waals surface area contributed by atoms with Crippen LogP contribution >= 0.6 is 0 Å². The lowest BCUT2D eigenvalue weighted by Gasteiger charge is -2.29. The Hall–Kier alpha value is -4.81. The van der Waals surface area contributed by atoms with Gasteiger partial charge in [-0.25, -0.2) is 19.6 Å². The normalized spacial score (nSPS) is 13.7. The summed E-state index contributed by atoms with van der Waals surface area (Å²) in [6.07, 6.45) is 8.54. The number of hydrogen-bond acceptors (Lipinski definition) is 9. The number of amides is 1. The van der Waals surface area contributed by atoms with E-state index in [4.69, 9.17) is 9.51 Å². The first-order chi connectivity index (χ1) is 17.0. The first-order valence-corrected chi connectivity index (χ1v) is 10.9. The number of nitrogens with zero attached hydrogens (tertiary/aromatic N) is 8. The molecule has 1 amide bonds. The van der Waals surface area contributed by atoms with Crippen molar-refractivity contribution in [3.8, 4) is 23.1 Å². The molecule has 0 aliphatic heterocycles. The summed E-state index contributed by atoms with van der Waals surface area (Å²) in [5.41, 5.74) is 1.44. The van der Waals surface area contributed by atoms with E-state index < -0.39 is 22.9 Å². The lowest BCUT2D eigenvalue weighted by atomic mass is 9.92. The summed E-state index contributed by atoms with van der Waals surface area (Å²) in [4.78, 5) is 38.9. The van der Waals surface area contributed by atoms with Crippen molar-refractivity contribution in [1.29, 1.82) is 0 Å². The van der Waals surface area contributed by atoms with Crippen molar-refractivity contribution in [2.24, 2.45) is 7.05 Å². The van der Waals surface area contributed by atoms with E-state index in [9.17, 15) is 14.7 Å². The highest BCUT2D eigenvalue weighted by atomic mass is 16.5. The molecule has 13 nitrogen and oxygen atoms in total. The fraction of sp³-hybridized carbons (Fsp3) is 0.227. The van der Waals surface area contributed by atoms with Gasteiger partial charge < -0.3 is 19.5 Å². The van der Waals surface area contributed by atoms with Gasteiger partial charge in [-0.05, 0) is 37.5 Å². The molecule has 0 unspecified atom stereocenters. The van der Waals surface area contributed by atoms with Crippen molar-refractivity contribution in [3.05, 3.63) is 59.4 Å². The maximum Gasteiger partial charge on any atom is 0.296 e. The first-order valence-electron chi connectivity index (χ1n) is 10.9. The van der Waals surface area contributed by atoms with Crippen LogP contribution in [0.4, 0.5) is 5.69 Å². The Labute approximate surface area is 196 Å². The van der Waals surface area contributed by atoms with Crippen LogP contribution < -0.4 is 10.9 Å². The standard InChI is InChI=1S/C22H19N9O4/c1-29-19(28-17(18(32)22(29)34)21(33)26-12-8-25-35-9-12)20-27-15-6-5-14(30-11-23-10-24-30)7-16(15)31(20)13-3-2-4-13/h5-11,13,32H,2-4H2,1H3,(H,26,33). The van der Waals surface area contributed by atoms with Crippen molar-refractivity contribution in [3.63, 3.8) is 0 Å². The predicted molar refractivity (Wildman–Crippen MR) is 122 cm³/mol. The molecule has 35 heavy (non-hydrogen) atoms. The minimum Gasteiger partial charge on any atom is -0.501 e. The van der Waals surface area contributed by atoms with E-state index in [1.807, 2.05) is 22.8 Å². The Bertz CT molecular complexity index is 1610.